The van der Waals surface area contributed by atoms with E-state index in [4.69, 9.17) is 4.74 Å². The molecule has 1 heterocycles. The van der Waals surface area contributed by atoms with Gasteiger partial charge in [0.05, 0.1) is 11.8 Å². The highest BCUT2D eigenvalue weighted by atomic mass is 16.5. The molecule has 0 spiro atoms. The van der Waals surface area contributed by atoms with Crippen LogP contribution in [0.4, 0.5) is 5.82 Å². The van der Waals surface area contributed by atoms with Crippen molar-refractivity contribution in [2.24, 2.45) is 0 Å². The molecule has 1 N–H and O–H groups in total. The SMILES string of the molecule is COC1CCCC(Nc2nnc(C)c(C)c2C#N)C1. The lowest BCUT2D eigenvalue weighted by Gasteiger charge is -2.29. The predicted molar refractivity (Wildman–Crippen MR) is 72.9 cm³/mol. The zero-order valence-electron chi connectivity index (χ0n) is 11.7. The van der Waals surface area contributed by atoms with Crippen molar-refractivity contribution in [3.8, 4) is 6.07 Å². The molecule has 1 aliphatic carbocycles. The zero-order chi connectivity index (χ0) is 13.8. The number of nitriles is 1. The number of nitrogens with zero attached hydrogens (tertiary/aromatic N) is 3. The van der Waals surface area contributed by atoms with Crippen molar-refractivity contribution in [2.45, 2.75) is 51.7 Å². The minimum atomic E-state index is 0.302. The largest absolute Gasteiger partial charge is 0.381 e. The predicted octanol–water partition coefficient (Wildman–Crippen LogP) is 2.33. The van der Waals surface area contributed by atoms with Crippen LogP contribution in [-0.4, -0.2) is 29.5 Å². The van der Waals surface area contributed by atoms with E-state index in [-0.39, 0.29) is 0 Å². The van der Waals surface area contributed by atoms with Crippen molar-refractivity contribution >= 4 is 5.82 Å². The number of aryl methyl sites for hydroxylation is 1. The maximum absolute atomic E-state index is 9.27. The van der Waals surface area contributed by atoms with E-state index in [9.17, 15) is 5.26 Å². The monoisotopic (exact) mass is 260 g/mol. The first-order valence-electron chi connectivity index (χ1n) is 6.69. The van der Waals surface area contributed by atoms with Crippen LogP contribution in [0, 0.1) is 25.2 Å². The number of aromatic nitrogens is 2. The number of hydrogen-bond donors (Lipinski definition) is 1. The van der Waals surface area contributed by atoms with Gasteiger partial charge in [-0.3, -0.25) is 0 Å². The van der Waals surface area contributed by atoms with E-state index in [0.717, 1.165) is 36.9 Å². The molecule has 2 atom stereocenters. The molecule has 2 rings (SSSR count). The second kappa shape index (κ2) is 5.98. The Hall–Kier alpha value is -1.67. The maximum atomic E-state index is 9.27. The summed E-state index contributed by atoms with van der Waals surface area (Å²) in [5.41, 5.74) is 2.31. The number of hydrogen-bond acceptors (Lipinski definition) is 5. The Morgan fingerprint density at radius 1 is 1.32 bits per heavy atom. The van der Waals surface area contributed by atoms with Crippen LogP contribution in [0.25, 0.3) is 0 Å². The third kappa shape index (κ3) is 3.02. The Morgan fingerprint density at radius 2 is 2.11 bits per heavy atom. The summed E-state index contributed by atoms with van der Waals surface area (Å²) in [7, 11) is 1.75. The average molecular weight is 260 g/mol. The molecule has 1 saturated carbocycles. The fourth-order valence-corrected chi connectivity index (χ4v) is 2.53. The van der Waals surface area contributed by atoms with Gasteiger partial charge >= 0.3 is 0 Å². The zero-order valence-corrected chi connectivity index (χ0v) is 11.7. The van der Waals surface area contributed by atoms with E-state index >= 15 is 0 Å². The third-order valence-electron chi connectivity index (χ3n) is 3.87. The van der Waals surface area contributed by atoms with E-state index < -0.39 is 0 Å². The van der Waals surface area contributed by atoms with Crippen molar-refractivity contribution < 1.29 is 4.74 Å². The minimum absolute atomic E-state index is 0.302. The van der Waals surface area contributed by atoms with Gasteiger partial charge < -0.3 is 10.1 Å². The summed E-state index contributed by atoms with van der Waals surface area (Å²) in [5.74, 6) is 0.604. The van der Waals surface area contributed by atoms with Crippen molar-refractivity contribution in [3.63, 3.8) is 0 Å². The molecule has 1 aliphatic rings. The van der Waals surface area contributed by atoms with Crippen LogP contribution in [0.5, 0.6) is 0 Å². The molecule has 19 heavy (non-hydrogen) atoms. The van der Waals surface area contributed by atoms with Crippen molar-refractivity contribution in [2.75, 3.05) is 12.4 Å². The van der Waals surface area contributed by atoms with Gasteiger partial charge in [0, 0.05) is 13.2 Å². The fourth-order valence-electron chi connectivity index (χ4n) is 2.53. The summed E-state index contributed by atoms with van der Waals surface area (Å²) in [6, 6.07) is 2.53. The van der Waals surface area contributed by atoms with Crippen molar-refractivity contribution in [1.29, 1.82) is 5.26 Å². The molecule has 0 radical (unpaired) electrons. The number of anilines is 1. The molecule has 0 saturated heterocycles. The Balaban J connectivity index is 2.15. The van der Waals surface area contributed by atoms with Crippen LogP contribution in [0.15, 0.2) is 0 Å². The average Bonchev–Trinajstić information content (AvgIpc) is 2.43. The quantitative estimate of drug-likeness (QED) is 0.903. The molecule has 1 aromatic heterocycles. The van der Waals surface area contributed by atoms with Gasteiger partial charge in [-0.25, -0.2) is 0 Å². The Labute approximate surface area is 114 Å². The van der Waals surface area contributed by atoms with Crippen LogP contribution in [0.2, 0.25) is 0 Å². The topological polar surface area (TPSA) is 70.8 Å². The number of rotatable bonds is 3. The van der Waals surface area contributed by atoms with Crippen molar-refractivity contribution in [1.82, 2.24) is 10.2 Å². The summed E-state index contributed by atoms with van der Waals surface area (Å²) in [6.45, 7) is 3.78. The first kappa shape index (κ1) is 13.8. The van der Waals surface area contributed by atoms with Gasteiger partial charge in [-0.2, -0.15) is 10.4 Å². The van der Waals surface area contributed by atoms with Gasteiger partial charge in [-0.15, -0.1) is 5.10 Å². The molecule has 0 amide bonds. The number of nitrogens with one attached hydrogen (secondary N) is 1. The second-order valence-corrected chi connectivity index (χ2v) is 5.11. The normalized spacial score (nSPS) is 22.8. The highest BCUT2D eigenvalue weighted by molar-refractivity contribution is 5.56. The molecule has 102 valence electrons. The lowest BCUT2D eigenvalue weighted by molar-refractivity contribution is 0.0669. The molecule has 5 nitrogen and oxygen atoms in total. The van der Waals surface area contributed by atoms with Crippen molar-refractivity contribution in [3.05, 3.63) is 16.8 Å². The molecule has 0 aromatic carbocycles. The molecule has 5 heteroatoms. The first-order chi connectivity index (χ1) is 9.15. The van der Waals surface area contributed by atoms with Gasteiger partial charge in [0.2, 0.25) is 0 Å². The van der Waals surface area contributed by atoms with Gasteiger partial charge in [0.15, 0.2) is 5.82 Å². The van der Waals surface area contributed by atoms with Crippen LogP contribution in [-0.2, 0) is 4.74 Å². The molecule has 1 fully saturated rings. The Morgan fingerprint density at radius 3 is 2.79 bits per heavy atom. The van der Waals surface area contributed by atoms with E-state index in [1.54, 1.807) is 7.11 Å². The van der Waals surface area contributed by atoms with Crippen LogP contribution >= 0.6 is 0 Å². The summed E-state index contributed by atoms with van der Waals surface area (Å²) >= 11 is 0. The molecule has 0 bridgehead atoms. The van der Waals surface area contributed by atoms with Crippen LogP contribution < -0.4 is 5.32 Å². The lowest BCUT2D eigenvalue weighted by Crippen LogP contribution is -2.31. The first-order valence-corrected chi connectivity index (χ1v) is 6.69. The highest BCUT2D eigenvalue weighted by Gasteiger charge is 2.23. The number of ether oxygens (including phenoxy) is 1. The lowest BCUT2D eigenvalue weighted by atomic mass is 9.92. The number of methoxy groups -OCH3 is 1. The summed E-state index contributed by atoms with van der Waals surface area (Å²) < 4.78 is 5.42. The summed E-state index contributed by atoms with van der Waals surface area (Å²) in [4.78, 5) is 0. The van der Waals surface area contributed by atoms with Gasteiger partial charge in [0.1, 0.15) is 11.6 Å². The van der Waals surface area contributed by atoms with Gasteiger partial charge in [0.25, 0.3) is 0 Å². The summed E-state index contributed by atoms with van der Waals surface area (Å²) in [5, 5.41) is 20.9. The third-order valence-corrected chi connectivity index (χ3v) is 3.87. The van der Waals surface area contributed by atoms with Gasteiger partial charge in [-0.1, -0.05) is 0 Å². The standard InChI is InChI=1S/C14H20N4O/c1-9-10(2)17-18-14(13(9)8-15)16-11-5-4-6-12(7-11)19-3/h11-12H,4-7H2,1-3H3,(H,16,18). The Kier molecular flexibility index (Phi) is 4.33. The highest BCUT2D eigenvalue weighted by Crippen LogP contribution is 2.25. The van der Waals surface area contributed by atoms with Crippen LogP contribution in [0.1, 0.15) is 42.5 Å². The fraction of sp³-hybridized carbons (Fsp3) is 0.643. The van der Waals surface area contributed by atoms with E-state index in [1.165, 1.54) is 0 Å². The van der Waals surface area contributed by atoms with E-state index in [2.05, 4.69) is 21.6 Å². The maximum Gasteiger partial charge on any atom is 0.167 e. The van der Waals surface area contributed by atoms with E-state index in [0.29, 0.717) is 23.5 Å². The molecular weight excluding hydrogens is 240 g/mol. The molecular formula is C14H20N4O. The van der Waals surface area contributed by atoms with Gasteiger partial charge in [-0.05, 0) is 45.1 Å². The Bertz CT molecular complexity index is 495. The summed E-state index contributed by atoms with van der Waals surface area (Å²) in [6.07, 6.45) is 4.58. The molecule has 2 unspecified atom stereocenters. The minimum Gasteiger partial charge on any atom is -0.381 e. The smallest absolute Gasteiger partial charge is 0.167 e. The molecule has 0 aliphatic heterocycles. The van der Waals surface area contributed by atoms with Crippen LogP contribution in [0.3, 0.4) is 0 Å². The van der Waals surface area contributed by atoms with E-state index in [1.807, 2.05) is 13.8 Å². The second-order valence-electron chi connectivity index (χ2n) is 5.11. The molecule has 1 aromatic rings.